The molecule has 2 aromatic heterocycles. The van der Waals surface area contributed by atoms with Gasteiger partial charge in [0, 0.05) is 32.7 Å². The Morgan fingerprint density at radius 1 is 1.41 bits per heavy atom. The number of fused-ring (bicyclic) bond motifs is 1. The molecule has 3 rings (SSSR count). The second-order valence-electron chi connectivity index (χ2n) is 4.45. The van der Waals surface area contributed by atoms with Crippen molar-refractivity contribution in [2.75, 3.05) is 24.5 Å². The maximum absolute atomic E-state index is 4.43. The van der Waals surface area contributed by atoms with Gasteiger partial charge >= 0.3 is 0 Å². The van der Waals surface area contributed by atoms with Crippen molar-refractivity contribution in [2.24, 2.45) is 7.05 Å². The average molecular weight is 232 g/mol. The van der Waals surface area contributed by atoms with Gasteiger partial charge in [-0.25, -0.2) is 9.97 Å². The number of aromatic nitrogens is 4. The summed E-state index contributed by atoms with van der Waals surface area (Å²) < 4.78 is 1.79. The largest absolute Gasteiger partial charge is 0.351 e. The minimum Gasteiger partial charge on any atom is -0.351 e. The summed E-state index contributed by atoms with van der Waals surface area (Å²) in [7, 11) is 1.90. The normalized spacial score (nSPS) is 21.1. The Labute approximate surface area is 99.7 Å². The molecule has 1 aliphatic rings. The van der Waals surface area contributed by atoms with Crippen molar-refractivity contribution in [2.45, 2.75) is 13.0 Å². The maximum atomic E-state index is 4.43. The molecule has 1 atom stereocenters. The lowest BCUT2D eigenvalue weighted by molar-refractivity contribution is 0.498. The number of rotatable bonds is 1. The maximum Gasteiger partial charge on any atom is 0.163 e. The van der Waals surface area contributed by atoms with Crippen LogP contribution >= 0.6 is 0 Å². The average Bonchev–Trinajstić information content (AvgIpc) is 2.72. The molecule has 6 heteroatoms. The van der Waals surface area contributed by atoms with Gasteiger partial charge in [0.1, 0.15) is 12.1 Å². The Kier molecular flexibility index (Phi) is 2.44. The molecular weight excluding hydrogens is 216 g/mol. The molecule has 0 amide bonds. The van der Waals surface area contributed by atoms with Crippen molar-refractivity contribution in [3.63, 3.8) is 0 Å². The molecule has 1 unspecified atom stereocenters. The highest BCUT2D eigenvalue weighted by molar-refractivity contribution is 5.86. The van der Waals surface area contributed by atoms with Gasteiger partial charge < -0.3 is 10.2 Å². The molecule has 0 saturated carbocycles. The molecule has 0 radical (unpaired) electrons. The fraction of sp³-hybridized carbons (Fsp3) is 0.545. The first-order valence-corrected chi connectivity index (χ1v) is 5.87. The predicted octanol–water partition coefficient (Wildman–Crippen LogP) is 0.161. The highest BCUT2D eigenvalue weighted by atomic mass is 15.3. The van der Waals surface area contributed by atoms with Gasteiger partial charge in [-0.05, 0) is 6.92 Å². The second-order valence-corrected chi connectivity index (χ2v) is 4.45. The van der Waals surface area contributed by atoms with Crippen LogP contribution in [0.25, 0.3) is 11.0 Å². The highest BCUT2D eigenvalue weighted by Gasteiger charge is 2.22. The number of hydrogen-bond donors (Lipinski definition) is 1. The van der Waals surface area contributed by atoms with E-state index in [1.165, 1.54) is 0 Å². The molecule has 1 fully saturated rings. The van der Waals surface area contributed by atoms with Crippen LogP contribution in [-0.2, 0) is 7.05 Å². The van der Waals surface area contributed by atoms with Crippen LogP contribution in [0.1, 0.15) is 6.92 Å². The summed E-state index contributed by atoms with van der Waals surface area (Å²) in [6.07, 6.45) is 3.47. The topological polar surface area (TPSA) is 58.9 Å². The molecule has 1 saturated heterocycles. The Bertz CT molecular complexity index is 534. The lowest BCUT2D eigenvalue weighted by Crippen LogP contribution is -2.50. The minimum atomic E-state index is 0.446. The number of aryl methyl sites for hydroxylation is 1. The van der Waals surface area contributed by atoms with Gasteiger partial charge in [0.15, 0.2) is 5.65 Å². The van der Waals surface area contributed by atoms with Crippen molar-refractivity contribution < 1.29 is 0 Å². The van der Waals surface area contributed by atoms with E-state index in [-0.39, 0.29) is 0 Å². The molecule has 3 heterocycles. The standard InChI is InChI=1S/C11H16N6/c1-8-5-12-3-4-17(8)11-9-6-15-16(2)10(9)13-7-14-11/h6-8,12H,3-5H2,1-2H3. The van der Waals surface area contributed by atoms with Crippen LogP contribution in [0.15, 0.2) is 12.5 Å². The van der Waals surface area contributed by atoms with E-state index in [0.717, 1.165) is 36.5 Å². The van der Waals surface area contributed by atoms with E-state index in [2.05, 4.69) is 32.2 Å². The van der Waals surface area contributed by atoms with Crippen LogP contribution in [0.2, 0.25) is 0 Å². The van der Waals surface area contributed by atoms with Gasteiger partial charge in [0.05, 0.1) is 11.6 Å². The lowest BCUT2D eigenvalue weighted by atomic mass is 10.2. The minimum absolute atomic E-state index is 0.446. The second kappa shape index (κ2) is 3.96. The third-order valence-electron chi connectivity index (χ3n) is 3.28. The van der Waals surface area contributed by atoms with E-state index < -0.39 is 0 Å². The van der Waals surface area contributed by atoms with Crippen molar-refractivity contribution >= 4 is 16.9 Å². The Morgan fingerprint density at radius 3 is 3.12 bits per heavy atom. The molecule has 17 heavy (non-hydrogen) atoms. The zero-order valence-corrected chi connectivity index (χ0v) is 10.1. The molecular formula is C11H16N6. The fourth-order valence-corrected chi connectivity index (χ4v) is 2.33. The lowest BCUT2D eigenvalue weighted by Gasteiger charge is -2.35. The number of hydrogen-bond acceptors (Lipinski definition) is 5. The van der Waals surface area contributed by atoms with Gasteiger partial charge in [-0.1, -0.05) is 0 Å². The van der Waals surface area contributed by atoms with Crippen molar-refractivity contribution in [3.8, 4) is 0 Å². The summed E-state index contributed by atoms with van der Waals surface area (Å²) in [5, 5.41) is 8.66. The SMILES string of the molecule is CC1CNCCN1c1ncnc2c1cnn2C. The number of nitrogens with zero attached hydrogens (tertiary/aromatic N) is 5. The Morgan fingerprint density at radius 2 is 2.29 bits per heavy atom. The van der Waals surface area contributed by atoms with E-state index in [0.29, 0.717) is 6.04 Å². The van der Waals surface area contributed by atoms with E-state index in [1.54, 1.807) is 11.0 Å². The molecule has 0 spiro atoms. The first-order chi connectivity index (χ1) is 8.27. The van der Waals surface area contributed by atoms with E-state index in [4.69, 9.17) is 0 Å². The fourth-order valence-electron chi connectivity index (χ4n) is 2.33. The van der Waals surface area contributed by atoms with Crippen LogP contribution in [-0.4, -0.2) is 45.4 Å². The van der Waals surface area contributed by atoms with E-state index in [9.17, 15) is 0 Å². The van der Waals surface area contributed by atoms with Crippen LogP contribution < -0.4 is 10.2 Å². The summed E-state index contributed by atoms with van der Waals surface area (Å²) in [6.45, 7) is 5.17. The van der Waals surface area contributed by atoms with Crippen molar-refractivity contribution in [3.05, 3.63) is 12.5 Å². The molecule has 90 valence electrons. The van der Waals surface area contributed by atoms with Gasteiger partial charge in [-0.3, -0.25) is 4.68 Å². The third kappa shape index (κ3) is 1.64. The first-order valence-electron chi connectivity index (χ1n) is 5.87. The van der Waals surface area contributed by atoms with Crippen molar-refractivity contribution in [1.82, 2.24) is 25.1 Å². The van der Waals surface area contributed by atoms with E-state index >= 15 is 0 Å². The van der Waals surface area contributed by atoms with Crippen LogP contribution in [0, 0.1) is 0 Å². The molecule has 0 aromatic carbocycles. The zero-order chi connectivity index (χ0) is 11.8. The smallest absolute Gasteiger partial charge is 0.163 e. The van der Waals surface area contributed by atoms with Gasteiger partial charge in [0.25, 0.3) is 0 Å². The Balaban J connectivity index is 2.10. The third-order valence-corrected chi connectivity index (χ3v) is 3.28. The van der Waals surface area contributed by atoms with Gasteiger partial charge in [-0.15, -0.1) is 0 Å². The van der Waals surface area contributed by atoms with Crippen molar-refractivity contribution in [1.29, 1.82) is 0 Å². The molecule has 2 aromatic rings. The zero-order valence-electron chi connectivity index (χ0n) is 10.1. The molecule has 1 N–H and O–H groups in total. The number of piperazine rings is 1. The van der Waals surface area contributed by atoms with Crippen LogP contribution in [0.4, 0.5) is 5.82 Å². The molecule has 6 nitrogen and oxygen atoms in total. The molecule has 0 bridgehead atoms. The summed E-state index contributed by atoms with van der Waals surface area (Å²) in [4.78, 5) is 11.0. The monoisotopic (exact) mass is 232 g/mol. The number of nitrogens with one attached hydrogen (secondary N) is 1. The quantitative estimate of drug-likeness (QED) is 0.759. The highest BCUT2D eigenvalue weighted by Crippen LogP contribution is 2.24. The summed E-state index contributed by atoms with van der Waals surface area (Å²) in [6, 6.07) is 0.446. The van der Waals surface area contributed by atoms with Crippen LogP contribution in [0.3, 0.4) is 0 Å². The number of anilines is 1. The summed E-state index contributed by atoms with van der Waals surface area (Å²) in [5.41, 5.74) is 0.890. The molecule has 1 aliphatic heterocycles. The van der Waals surface area contributed by atoms with Gasteiger partial charge in [-0.2, -0.15) is 5.10 Å². The first kappa shape index (κ1) is 10.5. The Hall–Kier alpha value is -1.69. The van der Waals surface area contributed by atoms with Gasteiger partial charge in [0.2, 0.25) is 0 Å². The predicted molar refractivity (Wildman–Crippen MR) is 66.0 cm³/mol. The van der Waals surface area contributed by atoms with Crippen LogP contribution in [0.5, 0.6) is 0 Å². The summed E-state index contributed by atoms with van der Waals surface area (Å²) in [5.74, 6) is 0.997. The van der Waals surface area contributed by atoms with E-state index in [1.807, 2.05) is 13.2 Å². The molecule has 0 aliphatic carbocycles. The summed E-state index contributed by atoms with van der Waals surface area (Å²) >= 11 is 0.